The van der Waals surface area contributed by atoms with Crippen LogP contribution < -0.4 is 0 Å². The Bertz CT molecular complexity index is 124. The fourth-order valence-corrected chi connectivity index (χ4v) is 1.34. The van der Waals surface area contributed by atoms with Crippen molar-refractivity contribution in [3.8, 4) is 0 Å². The van der Waals surface area contributed by atoms with E-state index in [-0.39, 0.29) is 18.5 Å². The Morgan fingerprint density at radius 3 is 2.00 bits per heavy atom. The zero-order valence-electron chi connectivity index (χ0n) is 8.54. The van der Waals surface area contributed by atoms with E-state index in [2.05, 4.69) is 27.7 Å². The van der Waals surface area contributed by atoms with Crippen molar-refractivity contribution < 1.29 is 9.47 Å². The molecule has 0 aromatic carbocycles. The van der Waals surface area contributed by atoms with Crippen LogP contribution in [0.5, 0.6) is 0 Å². The average Bonchev–Trinajstić information content (AvgIpc) is 2.28. The maximum absolute atomic E-state index is 5.60. The lowest BCUT2D eigenvalue weighted by atomic mass is 10.1. The van der Waals surface area contributed by atoms with Gasteiger partial charge in [0.1, 0.15) is 0 Å². The minimum atomic E-state index is 0.0531. The lowest BCUT2D eigenvalue weighted by molar-refractivity contribution is -0.0694. The molecule has 0 N–H and O–H groups in total. The summed E-state index contributed by atoms with van der Waals surface area (Å²) < 4.78 is 11.2. The summed E-state index contributed by atoms with van der Waals surface area (Å²) in [6, 6.07) is 0. The summed E-state index contributed by atoms with van der Waals surface area (Å²) in [6.45, 7) is 8.59. The van der Waals surface area contributed by atoms with Crippen LogP contribution in [0.3, 0.4) is 0 Å². The van der Waals surface area contributed by atoms with Gasteiger partial charge in [-0.25, -0.2) is 0 Å². The highest BCUT2D eigenvalue weighted by atomic mass is 16.7. The largest absolute Gasteiger partial charge is 0.347 e. The molecule has 1 rings (SSSR count). The van der Waals surface area contributed by atoms with Gasteiger partial charge in [-0.1, -0.05) is 13.8 Å². The van der Waals surface area contributed by atoms with Gasteiger partial charge in [0, 0.05) is 0 Å². The van der Waals surface area contributed by atoms with Crippen molar-refractivity contribution in [2.75, 3.05) is 0 Å². The topological polar surface area (TPSA) is 18.5 Å². The minimum Gasteiger partial charge on any atom is -0.347 e. The smallest absolute Gasteiger partial charge is 0.158 e. The van der Waals surface area contributed by atoms with Crippen LogP contribution in [0.4, 0.5) is 0 Å². The molecule has 0 saturated carbocycles. The monoisotopic (exact) mass is 172 g/mol. The average molecular weight is 172 g/mol. The first-order valence-corrected chi connectivity index (χ1v) is 4.90. The van der Waals surface area contributed by atoms with Gasteiger partial charge < -0.3 is 9.47 Å². The third-order valence-corrected chi connectivity index (χ3v) is 2.37. The Labute approximate surface area is 75.2 Å². The summed E-state index contributed by atoms with van der Waals surface area (Å²) in [7, 11) is 0. The van der Waals surface area contributed by atoms with E-state index in [1.165, 1.54) is 6.42 Å². The third-order valence-electron chi connectivity index (χ3n) is 2.37. The van der Waals surface area contributed by atoms with Crippen molar-refractivity contribution in [1.82, 2.24) is 0 Å². The van der Waals surface area contributed by atoms with Crippen molar-refractivity contribution in [3.05, 3.63) is 0 Å². The highest BCUT2D eigenvalue weighted by Gasteiger charge is 2.28. The molecule has 0 amide bonds. The summed E-state index contributed by atoms with van der Waals surface area (Å²) >= 11 is 0. The maximum atomic E-state index is 5.60. The molecule has 0 aromatic rings. The van der Waals surface area contributed by atoms with E-state index in [0.717, 1.165) is 12.3 Å². The van der Waals surface area contributed by atoms with Crippen LogP contribution in [0.1, 0.15) is 40.5 Å². The predicted molar refractivity (Wildman–Crippen MR) is 49.0 cm³/mol. The summed E-state index contributed by atoms with van der Waals surface area (Å²) in [5, 5.41) is 0. The zero-order chi connectivity index (χ0) is 9.14. The highest BCUT2D eigenvalue weighted by molar-refractivity contribution is 4.69. The van der Waals surface area contributed by atoms with Crippen molar-refractivity contribution >= 4 is 0 Å². The molecule has 12 heavy (non-hydrogen) atoms. The number of hydrogen-bond acceptors (Lipinski definition) is 2. The van der Waals surface area contributed by atoms with Gasteiger partial charge in [-0.15, -0.1) is 0 Å². The molecule has 2 nitrogen and oxygen atoms in total. The van der Waals surface area contributed by atoms with Crippen molar-refractivity contribution in [2.24, 2.45) is 5.92 Å². The van der Waals surface area contributed by atoms with Gasteiger partial charge in [-0.05, 0) is 32.6 Å². The van der Waals surface area contributed by atoms with Gasteiger partial charge in [0.25, 0.3) is 0 Å². The van der Waals surface area contributed by atoms with Crippen LogP contribution in [-0.4, -0.2) is 18.5 Å². The van der Waals surface area contributed by atoms with Crippen molar-refractivity contribution in [2.45, 2.75) is 59.0 Å². The molecule has 0 aliphatic carbocycles. The Balaban J connectivity index is 2.19. The molecule has 1 saturated heterocycles. The van der Waals surface area contributed by atoms with E-state index in [9.17, 15) is 0 Å². The van der Waals surface area contributed by atoms with E-state index in [1.807, 2.05) is 0 Å². The molecule has 0 radical (unpaired) electrons. The molecular formula is C10H20O2. The SMILES string of the molecule is CC(C)CCC1OC(C)C(C)O1. The molecule has 72 valence electrons. The summed E-state index contributed by atoms with van der Waals surface area (Å²) in [5.41, 5.74) is 0. The first-order chi connectivity index (χ1) is 5.59. The number of ether oxygens (including phenoxy) is 2. The molecule has 2 atom stereocenters. The molecule has 0 aromatic heterocycles. The van der Waals surface area contributed by atoms with Gasteiger partial charge >= 0.3 is 0 Å². The van der Waals surface area contributed by atoms with Gasteiger partial charge in [-0.2, -0.15) is 0 Å². The van der Waals surface area contributed by atoms with Gasteiger partial charge in [0.15, 0.2) is 6.29 Å². The van der Waals surface area contributed by atoms with Crippen LogP contribution in [0.15, 0.2) is 0 Å². The first-order valence-electron chi connectivity index (χ1n) is 4.90. The summed E-state index contributed by atoms with van der Waals surface area (Å²) in [4.78, 5) is 0. The first kappa shape index (κ1) is 10.0. The Kier molecular flexibility index (Phi) is 3.53. The Hall–Kier alpha value is -0.0800. The van der Waals surface area contributed by atoms with Gasteiger partial charge in [0.2, 0.25) is 0 Å². The van der Waals surface area contributed by atoms with E-state index in [0.29, 0.717) is 0 Å². The van der Waals surface area contributed by atoms with Crippen LogP contribution >= 0.6 is 0 Å². The van der Waals surface area contributed by atoms with Crippen LogP contribution in [0.2, 0.25) is 0 Å². The molecule has 2 heteroatoms. The van der Waals surface area contributed by atoms with E-state index in [1.54, 1.807) is 0 Å². The number of hydrogen-bond donors (Lipinski definition) is 0. The fourth-order valence-electron chi connectivity index (χ4n) is 1.34. The Morgan fingerprint density at radius 1 is 1.08 bits per heavy atom. The standard InChI is InChI=1S/C10H20O2/c1-7(2)5-6-10-11-8(3)9(4)12-10/h7-10H,5-6H2,1-4H3. The molecule has 0 spiro atoms. The second-order valence-corrected chi connectivity index (χ2v) is 4.08. The molecule has 0 bridgehead atoms. The van der Waals surface area contributed by atoms with Crippen LogP contribution in [-0.2, 0) is 9.47 Å². The maximum Gasteiger partial charge on any atom is 0.158 e. The zero-order valence-corrected chi connectivity index (χ0v) is 8.54. The molecule has 2 unspecified atom stereocenters. The third kappa shape index (κ3) is 2.76. The second-order valence-electron chi connectivity index (χ2n) is 4.08. The normalized spacial score (nSPS) is 36.2. The molecular weight excluding hydrogens is 152 g/mol. The lowest BCUT2D eigenvalue weighted by Crippen LogP contribution is -2.13. The van der Waals surface area contributed by atoms with Crippen molar-refractivity contribution in [1.29, 1.82) is 0 Å². The number of rotatable bonds is 3. The fraction of sp³-hybridized carbons (Fsp3) is 1.00. The molecule has 1 aliphatic rings. The lowest BCUT2D eigenvalue weighted by Gasteiger charge is -2.10. The Morgan fingerprint density at radius 2 is 1.58 bits per heavy atom. The van der Waals surface area contributed by atoms with Crippen molar-refractivity contribution in [3.63, 3.8) is 0 Å². The second kappa shape index (κ2) is 4.24. The summed E-state index contributed by atoms with van der Waals surface area (Å²) in [6.07, 6.45) is 2.80. The minimum absolute atomic E-state index is 0.0531. The van der Waals surface area contributed by atoms with Gasteiger partial charge in [0.05, 0.1) is 12.2 Å². The van der Waals surface area contributed by atoms with E-state index < -0.39 is 0 Å². The highest BCUT2D eigenvalue weighted by Crippen LogP contribution is 2.22. The quantitative estimate of drug-likeness (QED) is 0.651. The molecule has 1 aliphatic heterocycles. The van der Waals surface area contributed by atoms with Crippen LogP contribution in [0.25, 0.3) is 0 Å². The molecule has 1 heterocycles. The predicted octanol–water partition coefficient (Wildman–Crippen LogP) is 2.57. The van der Waals surface area contributed by atoms with E-state index >= 15 is 0 Å². The summed E-state index contributed by atoms with van der Waals surface area (Å²) in [5.74, 6) is 0.739. The van der Waals surface area contributed by atoms with Gasteiger partial charge in [-0.3, -0.25) is 0 Å². The molecule has 1 fully saturated rings. The van der Waals surface area contributed by atoms with Crippen LogP contribution in [0, 0.1) is 5.92 Å². The van der Waals surface area contributed by atoms with E-state index in [4.69, 9.17) is 9.47 Å².